The fourth-order valence-corrected chi connectivity index (χ4v) is 2.60. The molecule has 0 atom stereocenters. The lowest BCUT2D eigenvalue weighted by molar-refractivity contribution is 0.210. The smallest absolute Gasteiger partial charge is 0.314 e. The predicted octanol–water partition coefficient (Wildman–Crippen LogP) is 1.76. The van der Waals surface area contributed by atoms with Gasteiger partial charge in [0.2, 0.25) is 0 Å². The molecule has 1 aliphatic heterocycles. The molecule has 0 bridgehead atoms. The van der Waals surface area contributed by atoms with Crippen LogP contribution >= 0.6 is 0 Å². The topological polar surface area (TPSA) is 72.1 Å². The van der Waals surface area contributed by atoms with Crippen molar-refractivity contribution in [3.05, 3.63) is 47.7 Å². The largest absolute Gasteiger partial charge is 0.351 e. The minimum Gasteiger partial charge on any atom is -0.351 e. The first-order chi connectivity index (χ1) is 10.1. The van der Waals surface area contributed by atoms with Crippen LogP contribution < -0.4 is 5.73 Å². The molecule has 0 spiro atoms. The summed E-state index contributed by atoms with van der Waals surface area (Å²) >= 11 is 0. The van der Waals surface area contributed by atoms with Crippen molar-refractivity contribution in [2.45, 2.75) is 12.8 Å². The molecule has 2 amide bonds. The van der Waals surface area contributed by atoms with Crippen LogP contribution in [0.3, 0.4) is 0 Å². The first-order valence-corrected chi connectivity index (χ1v) is 6.78. The van der Waals surface area contributed by atoms with Gasteiger partial charge in [-0.3, -0.25) is 0 Å². The number of carbonyl (C=O) groups is 1. The molecule has 1 aliphatic rings. The summed E-state index contributed by atoms with van der Waals surface area (Å²) in [4.78, 5) is 21.6. The summed E-state index contributed by atoms with van der Waals surface area (Å²) in [6.45, 7) is 1.10. The third kappa shape index (κ3) is 2.69. The summed E-state index contributed by atoms with van der Waals surface area (Å²) in [5, 5.41) is 0. The quantitative estimate of drug-likeness (QED) is 0.868. The minimum atomic E-state index is -0.418. The van der Waals surface area contributed by atoms with E-state index in [4.69, 9.17) is 5.73 Å². The standard InChI is InChI=1S/C15H15FN4O/c16-11-3-1-10(2-4-11)14-12-5-7-20(15(17)21)8-6-13(12)18-9-19-14/h1-4,9H,5-8H2,(H2,17,21). The van der Waals surface area contributed by atoms with Gasteiger partial charge >= 0.3 is 6.03 Å². The van der Waals surface area contributed by atoms with Crippen molar-refractivity contribution in [3.8, 4) is 11.3 Å². The van der Waals surface area contributed by atoms with Crippen LogP contribution in [-0.2, 0) is 12.8 Å². The second-order valence-corrected chi connectivity index (χ2v) is 4.98. The Labute approximate surface area is 121 Å². The zero-order valence-corrected chi connectivity index (χ0v) is 11.4. The van der Waals surface area contributed by atoms with Gasteiger partial charge in [-0.25, -0.2) is 19.2 Å². The molecule has 0 saturated carbocycles. The number of aromatic nitrogens is 2. The Kier molecular flexibility index (Phi) is 3.51. The molecule has 1 aromatic heterocycles. The molecular formula is C15H15FN4O. The van der Waals surface area contributed by atoms with E-state index in [1.807, 2.05) is 0 Å². The van der Waals surface area contributed by atoms with Crippen LogP contribution in [-0.4, -0.2) is 34.0 Å². The fraction of sp³-hybridized carbons (Fsp3) is 0.267. The van der Waals surface area contributed by atoms with Crippen molar-refractivity contribution in [1.82, 2.24) is 14.9 Å². The van der Waals surface area contributed by atoms with Gasteiger partial charge in [0.25, 0.3) is 0 Å². The number of nitrogens with zero attached hydrogens (tertiary/aromatic N) is 3. The van der Waals surface area contributed by atoms with E-state index in [1.165, 1.54) is 18.5 Å². The Bertz CT molecular complexity index is 672. The monoisotopic (exact) mass is 286 g/mol. The van der Waals surface area contributed by atoms with Gasteiger partial charge in [0.05, 0.1) is 5.69 Å². The SMILES string of the molecule is NC(=O)N1CCc2ncnc(-c3ccc(F)cc3)c2CC1. The second kappa shape index (κ2) is 5.47. The van der Waals surface area contributed by atoms with Gasteiger partial charge in [0.15, 0.2) is 0 Å². The molecule has 6 heteroatoms. The molecule has 108 valence electrons. The average Bonchev–Trinajstić information content (AvgIpc) is 2.70. The van der Waals surface area contributed by atoms with Crippen molar-refractivity contribution in [2.24, 2.45) is 5.73 Å². The van der Waals surface area contributed by atoms with E-state index in [9.17, 15) is 9.18 Å². The van der Waals surface area contributed by atoms with Crippen molar-refractivity contribution >= 4 is 6.03 Å². The van der Waals surface area contributed by atoms with Crippen LogP contribution in [0.4, 0.5) is 9.18 Å². The summed E-state index contributed by atoms with van der Waals surface area (Å²) < 4.78 is 13.1. The maximum Gasteiger partial charge on any atom is 0.314 e. The molecule has 2 N–H and O–H groups in total. The molecule has 21 heavy (non-hydrogen) atoms. The maximum atomic E-state index is 13.1. The van der Waals surface area contributed by atoms with Crippen LogP contribution in [0.25, 0.3) is 11.3 Å². The highest BCUT2D eigenvalue weighted by atomic mass is 19.1. The third-order valence-corrected chi connectivity index (χ3v) is 3.71. The average molecular weight is 286 g/mol. The fourth-order valence-electron chi connectivity index (χ4n) is 2.60. The summed E-state index contributed by atoms with van der Waals surface area (Å²) in [6.07, 6.45) is 2.80. The third-order valence-electron chi connectivity index (χ3n) is 3.71. The van der Waals surface area contributed by atoms with E-state index in [0.717, 1.165) is 22.5 Å². The van der Waals surface area contributed by atoms with E-state index < -0.39 is 6.03 Å². The number of amides is 2. The van der Waals surface area contributed by atoms with E-state index in [0.29, 0.717) is 25.9 Å². The lowest BCUT2D eigenvalue weighted by Crippen LogP contribution is -2.37. The molecule has 1 aromatic carbocycles. The Morgan fingerprint density at radius 3 is 2.57 bits per heavy atom. The lowest BCUT2D eigenvalue weighted by Gasteiger charge is -2.16. The van der Waals surface area contributed by atoms with E-state index in [2.05, 4.69) is 9.97 Å². The number of rotatable bonds is 1. The minimum absolute atomic E-state index is 0.279. The van der Waals surface area contributed by atoms with Gasteiger partial charge < -0.3 is 10.6 Å². The first kappa shape index (κ1) is 13.5. The maximum absolute atomic E-state index is 13.1. The molecule has 0 aliphatic carbocycles. The number of primary amides is 1. The molecule has 0 fully saturated rings. The van der Waals surface area contributed by atoms with Crippen LogP contribution in [0.15, 0.2) is 30.6 Å². The van der Waals surface area contributed by atoms with Crippen molar-refractivity contribution in [2.75, 3.05) is 13.1 Å². The number of fused-ring (bicyclic) bond motifs is 1. The number of carbonyl (C=O) groups excluding carboxylic acids is 1. The van der Waals surface area contributed by atoms with Crippen LogP contribution in [0.2, 0.25) is 0 Å². The zero-order chi connectivity index (χ0) is 14.8. The van der Waals surface area contributed by atoms with Crippen LogP contribution in [0.1, 0.15) is 11.3 Å². The van der Waals surface area contributed by atoms with Gasteiger partial charge in [-0.15, -0.1) is 0 Å². The number of hydrogen-bond acceptors (Lipinski definition) is 3. The Hall–Kier alpha value is -2.50. The second-order valence-electron chi connectivity index (χ2n) is 4.98. The predicted molar refractivity (Wildman–Crippen MR) is 76.0 cm³/mol. The van der Waals surface area contributed by atoms with Crippen molar-refractivity contribution in [1.29, 1.82) is 0 Å². The Morgan fingerprint density at radius 2 is 1.86 bits per heavy atom. The Balaban J connectivity index is 1.99. The van der Waals surface area contributed by atoms with Gasteiger partial charge in [0.1, 0.15) is 12.1 Å². The van der Waals surface area contributed by atoms with Crippen molar-refractivity contribution in [3.63, 3.8) is 0 Å². The summed E-state index contributed by atoms with van der Waals surface area (Å²) in [5.74, 6) is -0.279. The normalized spacial score (nSPS) is 14.4. The number of benzene rings is 1. The number of urea groups is 1. The van der Waals surface area contributed by atoms with Gasteiger partial charge in [-0.1, -0.05) is 0 Å². The van der Waals surface area contributed by atoms with Crippen LogP contribution in [0, 0.1) is 5.82 Å². The van der Waals surface area contributed by atoms with E-state index in [1.54, 1.807) is 17.0 Å². The Morgan fingerprint density at radius 1 is 1.14 bits per heavy atom. The molecule has 2 heterocycles. The highest BCUT2D eigenvalue weighted by Gasteiger charge is 2.20. The molecule has 0 saturated heterocycles. The number of nitrogens with two attached hydrogens (primary N) is 1. The molecule has 0 radical (unpaired) electrons. The highest BCUT2D eigenvalue weighted by Crippen LogP contribution is 2.25. The molecule has 3 rings (SSSR count). The summed E-state index contributed by atoms with van der Waals surface area (Å²) in [7, 11) is 0. The van der Waals surface area contributed by atoms with E-state index in [-0.39, 0.29) is 5.82 Å². The summed E-state index contributed by atoms with van der Waals surface area (Å²) in [5.41, 5.74) is 8.93. The molecule has 2 aromatic rings. The molecular weight excluding hydrogens is 271 g/mol. The van der Waals surface area contributed by atoms with Gasteiger partial charge in [-0.2, -0.15) is 0 Å². The number of halogens is 1. The highest BCUT2D eigenvalue weighted by molar-refractivity contribution is 5.72. The van der Waals surface area contributed by atoms with Gasteiger partial charge in [-0.05, 0) is 30.7 Å². The van der Waals surface area contributed by atoms with Gasteiger partial charge in [0, 0.05) is 36.3 Å². The van der Waals surface area contributed by atoms with E-state index >= 15 is 0 Å². The first-order valence-electron chi connectivity index (χ1n) is 6.78. The summed E-state index contributed by atoms with van der Waals surface area (Å²) in [6, 6.07) is 5.81. The lowest BCUT2D eigenvalue weighted by atomic mass is 10.0. The van der Waals surface area contributed by atoms with Crippen LogP contribution in [0.5, 0.6) is 0 Å². The number of hydrogen-bond donors (Lipinski definition) is 1. The molecule has 0 unspecified atom stereocenters. The zero-order valence-electron chi connectivity index (χ0n) is 11.4. The van der Waals surface area contributed by atoms with Crippen molar-refractivity contribution < 1.29 is 9.18 Å². The molecule has 5 nitrogen and oxygen atoms in total.